The van der Waals surface area contributed by atoms with Gasteiger partial charge in [0.1, 0.15) is 0 Å². The van der Waals surface area contributed by atoms with Crippen LogP contribution < -0.4 is 10.2 Å². The Bertz CT molecular complexity index is 805. The molecule has 27 heavy (non-hydrogen) atoms. The van der Waals surface area contributed by atoms with Crippen LogP contribution in [0.1, 0.15) is 49.2 Å². The van der Waals surface area contributed by atoms with Crippen molar-refractivity contribution in [2.75, 3.05) is 10.2 Å². The number of benzene rings is 2. The van der Waals surface area contributed by atoms with Crippen molar-refractivity contribution in [2.45, 2.75) is 52.9 Å². The van der Waals surface area contributed by atoms with Gasteiger partial charge in [-0.15, -0.1) is 0 Å². The molecule has 0 aliphatic carbocycles. The molecule has 0 aliphatic rings. The summed E-state index contributed by atoms with van der Waals surface area (Å²) in [5.74, 6) is -0.430. The Morgan fingerprint density at radius 3 is 2.11 bits per heavy atom. The standard InChI is InChI=1S/C21H25F3N2O/c1-13(2)26(14(3)4)19-11-10-16(21(22,23)24)12-18(19)25-20(27)17-9-7-6-8-15(17)5/h6-14H,1-5H3,(H,25,27). The van der Waals surface area contributed by atoms with Crippen LogP contribution in [-0.2, 0) is 6.18 Å². The van der Waals surface area contributed by atoms with Gasteiger partial charge in [-0.2, -0.15) is 13.2 Å². The van der Waals surface area contributed by atoms with Gasteiger partial charge >= 0.3 is 6.18 Å². The quantitative estimate of drug-likeness (QED) is 0.704. The van der Waals surface area contributed by atoms with Crippen molar-refractivity contribution in [2.24, 2.45) is 0 Å². The van der Waals surface area contributed by atoms with Gasteiger partial charge in [-0.25, -0.2) is 0 Å². The molecule has 6 heteroatoms. The summed E-state index contributed by atoms with van der Waals surface area (Å²) >= 11 is 0. The molecule has 2 aromatic carbocycles. The molecule has 0 saturated heterocycles. The van der Waals surface area contributed by atoms with E-state index in [-0.39, 0.29) is 17.8 Å². The second kappa shape index (κ2) is 8.03. The van der Waals surface area contributed by atoms with Crippen LogP contribution in [0.2, 0.25) is 0 Å². The summed E-state index contributed by atoms with van der Waals surface area (Å²) in [5.41, 5.74) is 1.11. The maximum atomic E-state index is 13.2. The molecule has 0 atom stereocenters. The first-order valence-electron chi connectivity index (χ1n) is 8.89. The van der Waals surface area contributed by atoms with E-state index < -0.39 is 17.6 Å². The Hall–Kier alpha value is -2.50. The molecule has 2 aromatic rings. The van der Waals surface area contributed by atoms with Crippen molar-refractivity contribution in [3.63, 3.8) is 0 Å². The summed E-state index contributed by atoms with van der Waals surface area (Å²) in [6, 6.07) is 10.6. The van der Waals surface area contributed by atoms with E-state index in [9.17, 15) is 18.0 Å². The van der Waals surface area contributed by atoms with Gasteiger partial charge in [0.25, 0.3) is 5.91 Å². The summed E-state index contributed by atoms with van der Waals surface area (Å²) in [7, 11) is 0. The van der Waals surface area contributed by atoms with Gasteiger partial charge in [0.15, 0.2) is 0 Å². The normalized spacial score (nSPS) is 11.8. The van der Waals surface area contributed by atoms with Crippen molar-refractivity contribution in [1.82, 2.24) is 0 Å². The van der Waals surface area contributed by atoms with E-state index in [2.05, 4.69) is 5.32 Å². The Morgan fingerprint density at radius 2 is 1.59 bits per heavy atom. The van der Waals surface area contributed by atoms with Gasteiger partial charge < -0.3 is 10.2 Å². The summed E-state index contributed by atoms with van der Waals surface area (Å²) in [5, 5.41) is 2.69. The van der Waals surface area contributed by atoms with E-state index >= 15 is 0 Å². The SMILES string of the molecule is Cc1ccccc1C(=O)Nc1cc(C(F)(F)F)ccc1N(C(C)C)C(C)C. The van der Waals surface area contributed by atoms with E-state index in [1.807, 2.05) is 32.6 Å². The Balaban J connectivity index is 2.53. The number of carbonyl (C=O) groups excluding carboxylic acids is 1. The van der Waals surface area contributed by atoms with E-state index in [1.54, 1.807) is 31.2 Å². The van der Waals surface area contributed by atoms with Crippen LogP contribution in [0.3, 0.4) is 0 Å². The van der Waals surface area contributed by atoms with Gasteiger partial charge in [-0.3, -0.25) is 4.79 Å². The van der Waals surface area contributed by atoms with E-state index in [0.29, 0.717) is 11.3 Å². The molecule has 0 radical (unpaired) electrons. The number of nitrogens with one attached hydrogen (secondary N) is 1. The largest absolute Gasteiger partial charge is 0.416 e. The van der Waals surface area contributed by atoms with Gasteiger partial charge in [0.05, 0.1) is 16.9 Å². The number of nitrogens with zero attached hydrogens (tertiary/aromatic N) is 1. The van der Waals surface area contributed by atoms with E-state index in [0.717, 1.165) is 17.7 Å². The van der Waals surface area contributed by atoms with Gasteiger partial charge in [0, 0.05) is 17.6 Å². The maximum absolute atomic E-state index is 13.2. The van der Waals surface area contributed by atoms with Crippen LogP contribution in [-0.4, -0.2) is 18.0 Å². The molecule has 3 nitrogen and oxygen atoms in total. The molecule has 0 spiro atoms. The third kappa shape index (κ3) is 4.81. The van der Waals surface area contributed by atoms with Gasteiger partial charge in [0.2, 0.25) is 0 Å². The predicted molar refractivity (Wildman–Crippen MR) is 103 cm³/mol. The first kappa shape index (κ1) is 20.8. The fourth-order valence-corrected chi connectivity index (χ4v) is 3.21. The number of hydrogen-bond acceptors (Lipinski definition) is 2. The molecule has 2 rings (SSSR count). The van der Waals surface area contributed by atoms with Crippen LogP contribution in [0.5, 0.6) is 0 Å². The zero-order valence-corrected chi connectivity index (χ0v) is 16.2. The number of anilines is 2. The third-order valence-corrected chi connectivity index (χ3v) is 4.35. The topological polar surface area (TPSA) is 32.3 Å². The molecule has 0 heterocycles. The Labute approximate surface area is 158 Å². The van der Waals surface area contributed by atoms with Crippen molar-refractivity contribution < 1.29 is 18.0 Å². The average molecular weight is 378 g/mol. The number of rotatable bonds is 5. The highest BCUT2D eigenvalue weighted by atomic mass is 19.4. The zero-order chi connectivity index (χ0) is 20.4. The molecule has 0 aliphatic heterocycles. The lowest BCUT2D eigenvalue weighted by atomic mass is 10.1. The summed E-state index contributed by atoms with van der Waals surface area (Å²) < 4.78 is 39.6. The van der Waals surface area contributed by atoms with E-state index in [1.165, 1.54) is 6.07 Å². The van der Waals surface area contributed by atoms with Crippen molar-refractivity contribution in [1.29, 1.82) is 0 Å². The number of aryl methyl sites for hydroxylation is 1. The lowest BCUT2D eigenvalue weighted by Gasteiger charge is -2.35. The highest BCUT2D eigenvalue weighted by Gasteiger charge is 2.32. The highest BCUT2D eigenvalue weighted by molar-refractivity contribution is 6.07. The molecule has 0 bridgehead atoms. The van der Waals surface area contributed by atoms with Gasteiger partial charge in [-0.05, 0) is 64.4 Å². The first-order valence-corrected chi connectivity index (χ1v) is 8.89. The molecule has 146 valence electrons. The minimum atomic E-state index is -4.48. The fourth-order valence-electron chi connectivity index (χ4n) is 3.21. The molecule has 0 fully saturated rings. The number of amides is 1. The van der Waals surface area contributed by atoms with Crippen LogP contribution in [0.15, 0.2) is 42.5 Å². The Morgan fingerprint density at radius 1 is 1.00 bits per heavy atom. The van der Waals surface area contributed by atoms with Crippen molar-refractivity contribution >= 4 is 17.3 Å². The summed E-state index contributed by atoms with van der Waals surface area (Å²) in [6.45, 7) is 9.64. The van der Waals surface area contributed by atoms with Crippen molar-refractivity contribution in [3.05, 3.63) is 59.2 Å². The third-order valence-electron chi connectivity index (χ3n) is 4.35. The minimum Gasteiger partial charge on any atom is -0.365 e. The molecule has 1 amide bonds. The number of alkyl halides is 3. The first-order chi connectivity index (χ1) is 12.5. The van der Waals surface area contributed by atoms with Crippen LogP contribution in [0.25, 0.3) is 0 Å². The lowest BCUT2D eigenvalue weighted by molar-refractivity contribution is -0.137. The lowest BCUT2D eigenvalue weighted by Crippen LogP contribution is -2.37. The molecular weight excluding hydrogens is 353 g/mol. The number of carbonyl (C=O) groups is 1. The second-order valence-corrected chi connectivity index (χ2v) is 7.09. The average Bonchev–Trinajstić information content (AvgIpc) is 2.55. The molecule has 0 aromatic heterocycles. The van der Waals surface area contributed by atoms with E-state index in [4.69, 9.17) is 0 Å². The molecule has 0 unspecified atom stereocenters. The summed E-state index contributed by atoms with van der Waals surface area (Å²) in [4.78, 5) is 14.7. The fraction of sp³-hybridized carbons (Fsp3) is 0.381. The van der Waals surface area contributed by atoms with Gasteiger partial charge in [-0.1, -0.05) is 18.2 Å². The number of hydrogen-bond donors (Lipinski definition) is 1. The highest BCUT2D eigenvalue weighted by Crippen LogP contribution is 2.37. The predicted octanol–water partition coefficient (Wildman–Crippen LogP) is 5.89. The summed E-state index contributed by atoms with van der Waals surface area (Å²) in [6.07, 6.45) is -4.48. The van der Waals surface area contributed by atoms with Crippen LogP contribution in [0.4, 0.5) is 24.5 Å². The maximum Gasteiger partial charge on any atom is 0.416 e. The molecule has 0 saturated carbocycles. The molecular formula is C21H25F3N2O. The van der Waals surface area contributed by atoms with Crippen LogP contribution in [0, 0.1) is 6.92 Å². The molecule has 1 N–H and O–H groups in total. The number of halogens is 3. The smallest absolute Gasteiger partial charge is 0.365 e. The van der Waals surface area contributed by atoms with Crippen LogP contribution >= 0.6 is 0 Å². The van der Waals surface area contributed by atoms with Crippen molar-refractivity contribution in [3.8, 4) is 0 Å². The zero-order valence-electron chi connectivity index (χ0n) is 16.2. The minimum absolute atomic E-state index is 0.0517. The Kier molecular flexibility index (Phi) is 6.19. The second-order valence-electron chi connectivity index (χ2n) is 7.09. The monoisotopic (exact) mass is 378 g/mol.